The van der Waals surface area contributed by atoms with Crippen molar-refractivity contribution in [1.82, 2.24) is 0 Å². The molecule has 1 aromatic carbocycles. The maximum Gasteiger partial charge on any atom is 0.307 e. The van der Waals surface area contributed by atoms with Crippen LogP contribution in [0.2, 0.25) is 0 Å². The Kier molecular flexibility index (Phi) is 5.65. The molecular formula is C21H22N2O4S. The van der Waals surface area contributed by atoms with E-state index < -0.39 is 29.6 Å². The number of carboxylic acids is 1. The molecule has 6 nitrogen and oxygen atoms in total. The molecule has 1 aliphatic rings. The number of allylic oxidation sites excluding steroid dienone is 2. The van der Waals surface area contributed by atoms with E-state index in [1.807, 2.05) is 38.1 Å². The molecule has 2 unspecified atom stereocenters. The zero-order valence-corrected chi connectivity index (χ0v) is 16.5. The van der Waals surface area contributed by atoms with Gasteiger partial charge in [0.15, 0.2) is 0 Å². The van der Waals surface area contributed by atoms with Crippen molar-refractivity contribution in [3.63, 3.8) is 0 Å². The summed E-state index contributed by atoms with van der Waals surface area (Å²) in [5.41, 5.74) is 9.59. The van der Waals surface area contributed by atoms with E-state index >= 15 is 0 Å². The lowest BCUT2D eigenvalue weighted by Crippen LogP contribution is -2.35. The predicted molar refractivity (Wildman–Crippen MR) is 109 cm³/mol. The molecule has 1 aliphatic carbocycles. The third kappa shape index (κ3) is 3.84. The second kappa shape index (κ2) is 7.98. The number of primary amides is 1. The Morgan fingerprint density at radius 2 is 1.79 bits per heavy atom. The minimum Gasteiger partial charge on any atom is -0.481 e. The number of amides is 2. The Hall–Kier alpha value is -2.93. The molecule has 0 saturated heterocycles. The topological polar surface area (TPSA) is 109 Å². The van der Waals surface area contributed by atoms with E-state index in [1.54, 1.807) is 11.5 Å². The standard InChI is InChI=1S/C21H22N2O4S/c1-11-7-8-13(9-12(11)2)16-10-28-20(17(16)18(22)24)23-19(25)14-5-3-4-6-15(14)21(26)27/h3-4,7-10,14-15H,5-6H2,1-2H3,(H2,22,24)(H,23,25)(H,26,27). The molecule has 1 aromatic heterocycles. The number of carbonyl (C=O) groups excluding carboxylic acids is 2. The third-order valence-electron chi connectivity index (χ3n) is 5.18. The number of carbonyl (C=O) groups is 3. The maximum absolute atomic E-state index is 12.7. The van der Waals surface area contributed by atoms with Crippen molar-refractivity contribution in [2.45, 2.75) is 26.7 Å². The lowest BCUT2D eigenvalue weighted by Gasteiger charge is -2.24. The maximum atomic E-state index is 12.7. The monoisotopic (exact) mass is 398 g/mol. The Balaban J connectivity index is 1.92. The van der Waals surface area contributed by atoms with Gasteiger partial charge in [0.25, 0.3) is 5.91 Å². The van der Waals surface area contributed by atoms with Gasteiger partial charge in [0.05, 0.1) is 17.4 Å². The predicted octanol–water partition coefficient (Wildman–Crippen LogP) is 3.74. The van der Waals surface area contributed by atoms with Gasteiger partial charge in [-0.3, -0.25) is 14.4 Å². The van der Waals surface area contributed by atoms with Crippen molar-refractivity contribution >= 4 is 34.1 Å². The van der Waals surface area contributed by atoms with Gasteiger partial charge in [-0.25, -0.2) is 0 Å². The number of rotatable bonds is 5. The van der Waals surface area contributed by atoms with E-state index in [4.69, 9.17) is 5.73 Å². The molecule has 28 heavy (non-hydrogen) atoms. The summed E-state index contributed by atoms with van der Waals surface area (Å²) in [6.07, 6.45) is 4.26. The van der Waals surface area contributed by atoms with Gasteiger partial charge in [0.1, 0.15) is 5.00 Å². The van der Waals surface area contributed by atoms with Gasteiger partial charge in [-0.1, -0.05) is 30.4 Å². The number of aryl methyl sites for hydroxylation is 2. The number of nitrogens with two attached hydrogens (primary N) is 1. The first-order valence-corrected chi connectivity index (χ1v) is 9.85. The average Bonchev–Trinajstić information content (AvgIpc) is 3.07. The zero-order valence-electron chi connectivity index (χ0n) is 15.7. The molecule has 0 aliphatic heterocycles. The summed E-state index contributed by atoms with van der Waals surface area (Å²) in [4.78, 5) is 36.3. The smallest absolute Gasteiger partial charge is 0.307 e. The molecule has 2 aromatic rings. The van der Waals surface area contributed by atoms with E-state index in [-0.39, 0.29) is 5.56 Å². The molecule has 7 heteroatoms. The molecule has 2 amide bonds. The Morgan fingerprint density at radius 3 is 2.39 bits per heavy atom. The van der Waals surface area contributed by atoms with Crippen LogP contribution in [-0.2, 0) is 9.59 Å². The van der Waals surface area contributed by atoms with Crippen LogP contribution in [-0.4, -0.2) is 22.9 Å². The van der Waals surface area contributed by atoms with Crippen LogP contribution in [0.15, 0.2) is 35.7 Å². The summed E-state index contributed by atoms with van der Waals surface area (Å²) in [5, 5.41) is 14.3. The molecule has 0 saturated carbocycles. The van der Waals surface area contributed by atoms with Gasteiger partial charge >= 0.3 is 5.97 Å². The molecule has 2 atom stereocenters. The lowest BCUT2D eigenvalue weighted by molar-refractivity contribution is -0.146. The van der Waals surface area contributed by atoms with Gasteiger partial charge < -0.3 is 16.2 Å². The van der Waals surface area contributed by atoms with Crippen molar-refractivity contribution in [2.24, 2.45) is 17.6 Å². The molecule has 3 rings (SSSR count). The minimum atomic E-state index is -0.998. The highest BCUT2D eigenvalue weighted by atomic mass is 32.1. The van der Waals surface area contributed by atoms with Crippen molar-refractivity contribution in [3.05, 3.63) is 52.4 Å². The molecule has 0 spiro atoms. The van der Waals surface area contributed by atoms with Crippen LogP contribution in [0.25, 0.3) is 11.1 Å². The summed E-state index contributed by atoms with van der Waals surface area (Å²) in [5.74, 6) is -3.51. The van der Waals surface area contributed by atoms with Crippen molar-refractivity contribution < 1.29 is 19.5 Å². The second-order valence-corrected chi connectivity index (χ2v) is 7.88. The fraction of sp³-hybridized carbons (Fsp3) is 0.286. The molecule has 1 heterocycles. The van der Waals surface area contributed by atoms with E-state index in [1.165, 1.54) is 11.3 Å². The summed E-state index contributed by atoms with van der Waals surface area (Å²) in [6.45, 7) is 3.99. The van der Waals surface area contributed by atoms with Crippen LogP contribution in [0.1, 0.15) is 34.3 Å². The Bertz CT molecular complexity index is 977. The van der Waals surface area contributed by atoms with Crippen molar-refractivity contribution in [3.8, 4) is 11.1 Å². The number of hydrogen-bond donors (Lipinski definition) is 3. The molecule has 0 radical (unpaired) electrons. The van der Waals surface area contributed by atoms with Crippen molar-refractivity contribution in [1.29, 1.82) is 0 Å². The van der Waals surface area contributed by atoms with E-state index in [0.29, 0.717) is 23.4 Å². The van der Waals surface area contributed by atoms with Crippen LogP contribution in [0.3, 0.4) is 0 Å². The highest BCUT2D eigenvalue weighted by Gasteiger charge is 2.34. The van der Waals surface area contributed by atoms with Gasteiger partial charge in [-0.05, 0) is 43.4 Å². The minimum absolute atomic E-state index is 0.250. The summed E-state index contributed by atoms with van der Waals surface area (Å²) in [7, 11) is 0. The lowest BCUT2D eigenvalue weighted by atomic mass is 9.82. The van der Waals surface area contributed by atoms with Crippen LogP contribution in [0.4, 0.5) is 5.00 Å². The number of hydrogen-bond acceptors (Lipinski definition) is 4. The Morgan fingerprint density at radius 1 is 1.11 bits per heavy atom. The quantitative estimate of drug-likeness (QED) is 0.667. The molecular weight excluding hydrogens is 376 g/mol. The van der Waals surface area contributed by atoms with Crippen LogP contribution in [0.5, 0.6) is 0 Å². The third-order valence-corrected chi connectivity index (χ3v) is 6.07. The number of benzene rings is 1. The van der Waals surface area contributed by atoms with Crippen LogP contribution in [0, 0.1) is 25.7 Å². The molecule has 146 valence electrons. The number of aliphatic carboxylic acids is 1. The fourth-order valence-corrected chi connectivity index (χ4v) is 4.37. The summed E-state index contributed by atoms with van der Waals surface area (Å²) >= 11 is 1.21. The van der Waals surface area contributed by atoms with Gasteiger partial charge in [-0.2, -0.15) is 0 Å². The van der Waals surface area contributed by atoms with Crippen LogP contribution < -0.4 is 11.1 Å². The van der Waals surface area contributed by atoms with Gasteiger partial charge in [0, 0.05) is 10.9 Å². The summed E-state index contributed by atoms with van der Waals surface area (Å²) in [6, 6.07) is 5.85. The Labute approximate surface area is 167 Å². The van der Waals surface area contributed by atoms with Crippen molar-refractivity contribution in [2.75, 3.05) is 5.32 Å². The number of carboxylic acid groups (broad SMARTS) is 1. The largest absolute Gasteiger partial charge is 0.481 e. The first kappa shape index (κ1) is 19.8. The summed E-state index contributed by atoms with van der Waals surface area (Å²) < 4.78 is 0. The van der Waals surface area contributed by atoms with Gasteiger partial charge in [-0.15, -0.1) is 11.3 Å². The average molecular weight is 398 g/mol. The zero-order chi connectivity index (χ0) is 20.4. The fourth-order valence-electron chi connectivity index (χ4n) is 3.40. The first-order valence-electron chi connectivity index (χ1n) is 8.97. The molecule has 4 N–H and O–H groups in total. The highest BCUT2D eigenvalue weighted by molar-refractivity contribution is 7.15. The number of anilines is 1. The first-order chi connectivity index (χ1) is 13.3. The SMILES string of the molecule is Cc1ccc(-c2csc(NC(=O)C3CC=CCC3C(=O)O)c2C(N)=O)cc1C. The second-order valence-electron chi connectivity index (χ2n) is 7.00. The molecule has 0 fully saturated rings. The van der Waals surface area contributed by atoms with Crippen LogP contribution >= 0.6 is 11.3 Å². The van der Waals surface area contributed by atoms with E-state index in [0.717, 1.165) is 16.7 Å². The molecule has 0 bridgehead atoms. The normalized spacial score (nSPS) is 18.6. The van der Waals surface area contributed by atoms with E-state index in [2.05, 4.69) is 5.32 Å². The van der Waals surface area contributed by atoms with E-state index in [9.17, 15) is 19.5 Å². The van der Waals surface area contributed by atoms with Gasteiger partial charge in [0.2, 0.25) is 5.91 Å². The number of nitrogens with one attached hydrogen (secondary N) is 1. The highest BCUT2D eigenvalue weighted by Crippen LogP contribution is 2.37. The number of thiophene rings is 1.